The zero-order valence-corrected chi connectivity index (χ0v) is 10.1. The molecule has 2 unspecified atom stereocenters. The Morgan fingerprint density at radius 1 is 1.33 bits per heavy atom. The Balaban J connectivity index is 2.98. The highest BCUT2D eigenvalue weighted by Gasteiger charge is 2.38. The molecule has 4 heteroatoms. The van der Waals surface area contributed by atoms with E-state index in [1.807, 2.05) is 27.7 Å². The minimum atomic E-state index is -0.417. The molecule has 0 aromatic heterocycles. The van der Waals surface area contributed by atoms with Crippen LogP contribution >= 0.6 is 0 Å². The van der Waals surface area contributed by atoms with E-state index in [1.165, 1.54) is 0 Å². The van der Waals surface area contributed by atoms with Gasteiger partial charge in [-0.1, -0.05) is 20.8 Å². The van der Waals surface area contributed by atoms with Crippen LogP contribution in [0.5, 0.6) is 0 Å². The maximum atomic E-state index is 12.1. The van der Waals surface area contributed by atoms with Gasteiger partial charge in [0.05, 0.1) is 0 Å². The molecule has 86 valence electrons. The van der Waals surface area contributed by atoms with Crippen LogP contribution in [0.1, 0.15) is 34.1 Å². The second-order valence-corrected chi connectivity index (χ2v) is 5.37. The maximum Gasteiger partial charge on any atom is 0.245 e. The van der Waals surface area contributed by atoms with Gasteiger partial charge in [0.15, 0.2) is 0 Å². The molecule has 2 atom stereocenters. The molecule has 1 aliphatic rings. The van der Waals surface area contributed by atoms with Gasteiger partial charge in [0.1, 0.15) is 6.04 Å². The number of hydrogen-bond acceptors (Lipinski definition) is 2. The summed E-state index contributed by atoms with van der Waals surface area (Å²) in [5, 5.41) is 2.80. The summed E-state index contributed by atoms with van der Waals surface area (Å²) in [5.74, 6) is -0.0408. The van der Waals surface area contributed by atoms with E-state index in [4.69, 9.17) is 0 Å². The number of likely N-dealkylation sites (N-methyl/N-ethyl adjacent to an activating group) is 1. The highest BCUT2D eigenvalue weighted by molar-refractivity contribution is 5.90. The van der Waals surface area contributed by atoms with E-state index in [1.54, 1.807) is 11.9 Å². The molecule has 0 spiro atoms. The van der Waals surface area contributed by atoms with Gasteiger partial charge in [-0.3, -0.25) is 9.59 Å². The van der Waals surface area contributed by atoms with Gasteiger partial charge in [-0.25, -0.2) is 0 Å². The van der Waals surface area contributed by atoms with E-state index in [-0.39, 0.29) is 23.3 Å². The van der Waals surface area contributed by atoms with Gasteiger partial charge >= 0.3 is 0 Å². The Bertz CT molecular complexity index is 281. The molecule has 1 fully saturated rings. The fraction of sp³-hybridized carbons (Fsp3) is 0.818. The van der Waals surface area contributed by atoms with Crippen molar-refractivity contribution in [1.29, 1.82) is 0 Å². The lowest BCUT2D eigenvalue weighted by molar-refractivity contribution is -0.136. The van der Waals surface area contributed by atoms with E-state index in [2.05, 4.69) is 5.32 Å². The van der Waals surface area contributed by atoms with E-state index in [9.17, 15) is 9.59 Å². The molecule has 1 saturated heterocycles. The molecular formula is C11H20N2O2. The van der Waals surface area contributed by atoms with Crippen molar-refractivity contribution in [2.24, 2.45) is 5.41 Å². The summed E-state index contributed by atoms with van der Waals surface area (Å²) in [7, 11) is 1.76. The zero-order valence-electron chi connectivity index (χ0n) is 10.1. The van der Waals surface area contributed by atoms with Crippen LogP contribution in [0.25, 0.3) is 0 Å². The monoisotopic (exact) mass is 212 g/mol. The Morgan fingerprint density at radius 3 is 2.33 bits per heavy atom. The van der Waals surface area contributed by atoms with Crippen molar-refractivity contribution in [2.45, 2.75) is 46.2 Å². The summed E-state index contributed by atoms with van der Waals surface area (Å²) in [4.78, 5) is 25.3. The molecule has 1 heterocycles. The van der Waals surface area contributed by atoms with Gasteiger partial charge in [-0.15, -0.1) is 0 Å². The molecule has 0 bridgehead atoms. The standard InChI is InChI=1S/C11H20N2O2/c1-7-6-8(14)12-9(11(2,3)4)10(15)13(7)5/h7,9H,6H2,1-5H3,(H,12,14). The molecule has 1 aliphatic heterocycles. The predicted molar refractivity (Wildman–Crippen MR) is 58.2 cm³/mol. The highest BCUT2D eigenvalue weighted by atomic mass is 16.2. The lowest BCUT2D eigenvalue weighted by Crippen LogP contribution is -2.51. The summed E-state index contributed by atoms with van der Waals surface area (Å²) < 4.78 is 0. The Morgan fingerprint density at radius 2 is 1.87 bits per heavy atom. The second kappa shape index (κ2) is 3.83. The third kappa shape index (κ3) is 2.49. The van der Waals surface area contributed by atoms with Gasteiger partial charge in [0.25, 0.3) is 0 Å². The number of rotatable bonds is 0. The summed E-state index contributed by atoms with van der Waals surface area (Å²) in [6.07, 6.45) is 0.384. The van der Waals surface area contributed by atoms with Crippen LogP contribution in [0.2, 0.25) is 0 Å². The molecule has 1 N–H and O–H groups in total. The van der Waals surface area contributed by atoms with E-state index in [0.717, 1.165) is 0 Å². The van der Waals surface area contributed by atoms with Crippen LogP contribution in [-0.4, -0.2) is 35.8 Å². The number of carbonyl (C=O) groups is 2. The highest BCUT2D eigenvalue weighted by Crippen LogP contribution is 2.23. The third-order valence-electron chi connectivity index (χ3n) is 2.91. The van der Waals surface area contributed by atoms with Crippen molar-refractivity contribution >= 4 is 11.8 Å². The first kappa shape index (κ1) is 12.0. The fourth-order valence-corrected chi connectivity index (χ4v) is 1.69. The number of hydrogen-bond donors (Lipinski definition) is 1. The SMILES string of the molecule is CC1CC(=O)NC(C(C)(C)C)C(=O)N1C. The number of amides is 2. The Labute approximate surface area is 91.0 Å². The van der Waals surface area contributed by atoms with Crippen LogP contribution in [0.15, 0.2) is 0 Å². The molecule has 0 aromatic rings. The molecule has 0 aromatic carbocycles. The minimum Gasteiger partial charge on any atom is -0.344 e. The van der Waals surface area contributed by atoms with E-state index >= 15 is 0 Å². The molecular weight excluding hydrogens is 192 g/mol. The Kier molecular flexibility index (Phi) is 3.07. The largest absolute Gasteiger partial charge is 0.344 e. The van der Waals surface area contributed by atoms with Crippen molar-refractivity contribution in [3.8, 4) is 0 Å². The lowest BCUT2D eigenvalue weighted by Gasteiger charge is -2.32. The topological polar surface area (TPSA) is 49.4 Å². The van der Waals surface area contributed by atoms with Crippen LogP contribution in [0, 0.1) is 5.41 Å². The first-order chi connectivity index (χ1) is 6.73. The first-order valence-corrected chi connectivity index (χ1v) is 5.29. The summed E-state index contributed by atoms with van der Waals surface area (Å²) >= 11 is 0. The van der Waals surface area contributed by atoms with Crippen molar-refractivity contribution in [3.05, 3.63) is 0 Å². The van der Waals surface area contributed by atoms with Gasteiger partial charge in [0, 0.05) is 19.5 Å². The minimum absolute atomic E-state index is 0.000787. The average Bonchev–Trinajstić information content (AvgIpc) is 2.17. The average molecular weight is 212 g/mol. The van der Waals surface area contributed by atoms with Crippen LogP contribution in [0.3, 0.4) is 0 Å². The van der Waals surface area contributed by atoms with Crippen molar-refractivity contribution in [3.63, 3.8) is 0 Å². The smallest absolute Gasteiger partial charge is 0.245 e. The van der Waals surface area contributed by atoms with E-state index in [0.29, 0.717) is 6.42 Å². The Hall–Kier alpha value is -1.06. The molecule has 1 rings (SSSR count). The quantitative estimate of drug-likeness (QED) is 0.644. The van der Waals surface area contributed by atoms with Crippen molar-refractivity contribution in [2.75, 3.05) is 7.05 Å². The molecule has 15 heavy (non-hydrogen) atoms. The van der Waals surface area contributed by atoms with Crippen LogP contribution in [-0.2, 0) is 9.59 Å². The lowest BCUT2D eigenvalue weighted by atomic mass is 9.86. The summed E-state index contributed by atoms with van der Waals surface area (Å²) in [6, 6.07) is -0.440. The van der Waals surface area contributed by atoms with Gasteiger partial charge in [-0.2, -0.15) is 0 Å². The van der Waals surface area contributed by atoms with Gasteiger partial charge in [0.2, 0.25) is 11.8 Å². The predicted octanol–water partition coefficient (Wildman–Crippen LogP) is 0.768. The maximum absolute atomic E-state index is 12.1. The summed E-state index contributed by atoms with van der Waals surface area (Å²) in [5.41, 5.74) is -0.245. The molecule has 0 aliphatic carbocycles. The number of nitrogens with one attached hydrogen (secondary N) is 1. The molecule has 0 radical (unpaired) electrons. The van der Waals surface area contributed by atoms with Crippen LogP contribution < -0.4 is 5.32 Å². The number of carbonyl (C=O) groups excluding carboxylic acids is 2. The number of nitrogens with zero attached hydrogens (tertiary/aromatic N) is 1. The normalized spacial score (nSPS) is 28.7. The van der Waals surface area contributed by atoms with Gasteiger partial charge < -0.3 is 10.2 Å². The third-order valence-corrected chi connectivity index (χ3v) is 2.91. The summed E-state index contributed by atoms with van der Waals surface area (Å²) in [6.45, 7) is 7.77. The van der Waals surface area contributed by atoms with Crippen molar-refractivity contribution in [1.82, 2.24) is 10.2 Å². The van der Waals surface area contributed by atoms with Gasteiger partial charge in [-0.05, 0) is 12.3 Å². The second-order valence-electron chi connectivity index (χ2n) is 5.37. The molecule has 4 nitrogen and oxygen atoms in total. The first-order valence-electron chi connectivity index (χ1n) is 5.29. The van der Waals surface area contributed by atoms with Crippen molar-refractivity contribution < 1.29 is 9.59 Å². The fourth-order valence-electron chi connectivity index (χ4n) is 1.69. The van der Waals surface area contributed by atoms with E-state index < -0.39 is 6.04 Å². The molecule has 0 saturated carbocycles. The molecule has 2 amide bonds. The van der Waals surface area contributed by atoms with Crippen LogP contribution in [0.4, 0.5) is 0 Å². The zero-order chi connectivity index (χ0) is 11.8.